The van der Waals surface area contributed by atoms with E-state index in [1.54, 1.807) is 7.11 Å². The Hall–Kier alpha value is -5.23. The minimum atomic E-state index is -0.0433. The molecule has 0 aromatic heterocycles. The van der Waals surface area contributed by atoms with Gasteiger partial charge in [-0.05, 0) is 58.5 Å². The van der Waals surface area contributed by atoms with E-state index in [1.165, 1.54) is 0 Å². The molecule has 5 aromatic carbocycles. The third kappa shape index (κ3) is 9.13. The van der Waals surface area contributed by atoms with Crippen molar-refractivity contribution >= 4 is 5.91 Å². The zero-order chi connectivity index (χ0) is 30.4. The van der Waals surface area contributed by atoms with Crippen LogP contribution >= 0.6 is 0 Å². The Balaban J connectivity index is 1.18. The number of ether oxygens (including phenoxy) is 4. The molecule has 0 aliphatic heterocycles. The molecule has 1 N–H and O–H groups in total. The van der Waals surface area contributed by atoms with E-state index in [0.717, 1.165) is 33.6 Å². The molecule has 0 aliphatic rings. The zero-order valence-corrected chi connectivity index (χ0v) is 24.9. The van der Waals surface area contributed by atoms with Crippen LogP contribution in [0.1, 0.15) is 27.8 Å². The summed E-state index contributed by atoms with van der Waals surface area (Å²) in [6.45, 7) is 1.75. The van der Waals surface area contributed by atoms with Crippen molar-refractivity contribution in [2.45, 2.75) is 32.7 Å². The topological polar surface area (TPSA) is 66.0 Å². The fraction of sp³-hybridized carbons (Fsp3) is 0.184. The molecule has 5 aromatic rings. The molecule has 224 valence electrons. The number of nitrogens with one attached hydrogen (secondary N) is 1. The molecule has 44 heavy (non-hydrogen) atoms. The highest BCUT2D eigenvalue weighted by molar-refractivity contribution is 5.78. The van der Waals surface area contributed by atoms with Gasteiger partial charge in [-0.25, -0.2) is 0 Å². The van der Waals surface area contributed by atoms with Crippen LogP contribution in [0, 0.1) is 0 Å². The molecule has 0 spiro atoms. The maximum Gasteiger partial charge on any atom is 0.224 e. The lowest BCUT2D eigenvalue weighted by molar-refractivity contribution is -0.120. The Morgan fingerprint density at radius 2 is 1.09 bits per heavy atom. The Morgan fingerprint density at radius 1 is 0.568 bits per heavy atom. The molecule has 0 saturated carbocycles. The zero-order valence-electron chi connectivity index (χ0n) is 24.9. The van der Waals surface area contributed by atoms with Gasteiger partial charge in [0, 0.05) is 6.54 Å². The van der Waals surface area contributed by atoms with Crippen LogP contribution in [0.3, 0.4) is 0 Å². The van der Waals surface area contributed by atoms with Gasteiger partial charge in [0.25, 0.3) is 0 Å². The first kappa shape index (κ1) is 30.2. The molecule has 0 atom stereocenters. The summed E-state index contributed by atoms with van der Waals surface area (Å²) in [5, 5.41) is 3.03. The smallest absolute Gasteiger partial charge is 0.224 e. The van der Waals surface area contributed by atoms with Crippen LogP contribution in [-0.2, 0) is 37.5 Å². The summed E-state index contributed by atoms with van der Waals surface area (Å²) in [6.07, 6.45) is 0.898. The van der Waals surface area contributed by atoms with Crippen LogP contribution in [-0.4, -0.2) is 19.6 Å². The maximum atomic E-state index is 12.7. The number of rotatable bonds is 15. The van der Waals surface area contributed by atoms with Crippen molar-refractivity contribution in [2.24, 2.45) is 0 Å². The molecule has 0 heterocycles. The molecule has 0 fully saturated rings. The minimum absolute atomic E-state index is 0.0433. The van der Waals surface area contributed by atoms with E-state index < -0.39 is 0 Å². The second kappa shape index (κ2) is 15.8. The summed E-state index contributed by atoms with van der Waals surface area (Å²) in [4.78, 5) is 12.7. The van der Waals surface area contributed by atoms with Crippen LogP contribution in [0.15, 0.2) is 127 Å². The number of methoxy groups -OCH3 is 1. The third-order valence-corrected chi connectivity index (χ3v) is 7.04. The highest BCUT2D eigenvalue weighted by atomic mass is 16.5. The molecule has 6 heteroatoms. The Bertz CT molecular complexity index is 1590. The van der Waals surface area contributed by atoms with E-state index in [1.807, 2.05) is 127 Å². The summed E-state index contributed by atoms with van der Waals surface area (Å²) in [6, 6.07) is 41.5. The second-order valence-electron chi connectivity index (χ2n) is 10.4. The predicted molar refractivity (Wildman–Crippen MR) is 172 cm³/mol. The largest absolute Gasteiger partial charge is 0.493 e. The monoisotopic (exact) mass is 587 g/mol. The first-order valence-electron chi connectivity index (χ1n) is 14.7. The van der Waals surface area contributed by atoms with Crippen molar-refractivity contribution in [3.63, 3.8) is 0 Å². The van der Waals surface area contributed by atoms with Crippen LogP contribution in [0.2, 0.25) is 0 Å². The number of carbonyl (C=O) groups is 1. The van der Waals surface area contributed by atoms with Crippen molar-refractivity contribution in [2.75, 3.05) is 13.7 Å². The van der Waals surface area contributed by atoms with Gasteiger partial charge in [-0.1, -0.05) is 103 Å². The van der Waals surface area contributed by atoms with Gasteiger partial charge in [0.05, 0.1) is 13.5 Å². The quantitative estimate of drug-likeness (QED) is 0.139. The molecular weight excluding hydrogens is 550 g/mol. The number of amides is 1. The summed E-state index contributed by atoms with van der Waals surface area (Å²) < 4.78 is 24.0. The van der Waals surface area contributed by atoms with Gasteiger partial charge in [-0.3, -0.25) is 4.79 Å². The first-order chi connectivity index (χ1) is 21.7. The average molecular weight is 588 g/mol. The van der Waals surface area contributed by atoms with E-state index >= 15 is 0 Å². The van der Waals surface area contributed by atoms with Crippen molar-refractivity contribution in [3.05, 3.63) is 155 Å². The van der Waals surface area contributed by atoms with Crippen LogP contribution in [0.25, 0.3) is 0 Å². The Labute approximate surface area is 259 Å². The van der Waals surface area contributed by atoms with Gasteiger partial charge in [-0.2, -0.15) is 0 Å². The molecule has 0 bridgehead atoms. The minimum Gasteiger partial charge on any atom is -0.493 e. The van der Waals surface area contributed by atoms with Crippen molar-refractivity contribution in [3.8, 4) is 23.0 Å². The normalized spacial score (nSPS) is 10.6. The van der Waals surface area contributed by atoms with E-state index in [0.29, 0.717) is 56.5 Å². The molecule has 0 saturated heterocycles. The fourth-order valence-electron chi connectivity index (χ4n) is 4.68. The Kier molecular flexibility index (Phi) is 10.9. The van der Waals surface area contributed by atoms with Gasteiger partial charge < -0.3 is 24.3 Å². The summed E-state index contributed by atoms with van der Waals surface area (Å²) >= 11 is 0. The number of benzene rings is 5. The average Bonchev–Trinajstić information content (AvgIpc) is 3.07. The molecule has 5 rings (SSSR count). The predicted octanol–water partition coefficient (Wildman–Crippen LogP) is 7.33. The molecule has 6 nitrogen and oxygen atoms in total. The van der Waals surface area contributed by atoms with Crippen molar-refractivity contribution in [1.29, 1.82) is 0 Å². The second-order valence-corrected chi connectivity index (χ2v) is 10.4. The van der Waals surface area contributed by atoms with Crippen molar-refractivity contribution < 1.29 is 23.7 Å². The van der Waals surface area contributed by atoms with Crippen molar-refractivity contribution in [1.82, 2.24) is 5.32 Å². The molecule has 0 unspecified atom stereocenters. The molecule has 0 aliphatic carbocycles. The Morgan fingerprint density at radius 3 is 1.66 bits per heavy atom. The van der Waals surface area contributed by atoms with Crippen LogP contribution < -0.4 is 24.3 Å². The van der Waals surface area contributed by atoms with Gasteiger partial charge in [-0.15, -0.1) is 0 Å². The summed E-state index contributed by atoms with van der Waals surface area (Å²) in [5.74, 6) is 2.46. The van der Waals surface area contributed by atoms with E-state index in [4.69, 9.17) is 18.9 Å². The fourth-order valence-corrected chi connectivity index (χ4v) is 4.68. The highest BCUT2D eigenvalue weighted by Gasteiger charge is 2.16. The van der Waals surface area contributed by atoms with Gasteiger partial charge in [0.15, 0.2) is 11.5 Å². The summed E-state index contributed by atoms with van der Waals surface area (Å²) in [5.41, 5.74) is 5.10. The lowest BCUT2D eigenvalue weighted by Crippen LogP contribution is -2.27. The van der Waals surface area contributed by atoms with E-state index in [2.05, 4.69) is 5.32 Å². The lowest BCUT2D eigenvalue weighted by Gasteiger charge is -2.18. The molecule has 1 amide bonds. The van der Waals surface area contributed by atoms with E-state index in [-0.39, 0.29) is 5.91 Å². The van der Waals surface area contributed by atoms with Crippen LogP contribution in [0.4, 0.5) is 0 Å². The standard InChI is InChI=1S/C38H37NO5/c1-41-35-23-33(21-22-39-37(40)25-29-17-19-34(20-18-29)42-26-30-11-5-2-6-12-30)24-36(43-27-31-13-7-3-8-14-31)38(35)44-28-32-15-9-4-10-16-32/h2-20,23-24H,21-22,25-28H2,1H3,(H,39,40). The number of carbonyl (C=O) groups excluding carboxylic acids is 1. The maximum absolute atomic E-state index is 12.7. The number of hydrogen-bond acceptors (Lipinski definition) is 5. The van der Waals surface area contributed by atoms with Gasteiger partial charge in [0.2, 0.25) is 11.7 Å². The molecule has 0 radical (unpaired) electrons. The first-order valence-corrected chi connectivity index (χ1v) is 14.7. The summed E-state index contributed by atoms with van der Waals surface area (Å²) in [7, 11) is 1.62. The van der Waals surface area contributed by atoms with Crippen LogP contribution in [0.5, 0.6) is 23.0 Å². The third-order valence-electron chi connectivity index (χ3n) is 7.04. The van der Waals surface area contributed by atoms with Gasteiger partial charge in [0.1, 0.15) is 25.6 Å². The van der Waals surface area contributed by atoms with E-state index in [9.17, 15) is 4.79 Å². The lowest BCUT2D eigenvalue weighted by atomic mass is 10.1. The highest BCUT2D eigenvalue weighted by Crippen LogP contribution is 2.40. The number of hydrogen-bond donors (Lipinski definition) is 1. The SMILES string of the molecule is COc1cc(CCNC(=O)Cc2ccc(OCc3ccccc3)cc2)cc(OCc2ccccc2)c1OCc1ccccc1. The van der Waals surface area contributed by atoms with Gasteiger partial charge >= 0.3 is 0 Å². The molecular formula is C38H37NO5.